The number of rotatable bonds is 12. The van der Waals surface area contributed by atoms with Crippen LogP contribution in [0.2, 0.25) is 25.7 Å². The Balaban J connectivity index is 1.21. The second kappa shape index (κ2) is 14.6. The standard InChI is InChI=1S/C40H59N5O3Si/c1-5-30(46)11-7-6-8-12-34-38-41-27-37(45(38)28-48-23-24-49(2,3)4)29-13-14-31-32(25-29)36-16-15-35(31)44(36)20-10-9-19-43-21-17-40(18-22-43)26-33(40)39(47)42-34/h9-10,13-14,25,27,33-36H,5-8,11-12,15-24,26,28H2,1-4H3,(H,42,47)/b10-9+/t33-,34+,35?,36?/m1/s1. The first-order valence-corrected chi connectivity index (χ1v) is 23.1. The Morgan fingerprint density at radius 3 is 2.59 bits per heavy atom. The summed E-state index contributed by atoms with van der Waals surface area (Å²) in [4.78, 5) is 36.4. The Hall–Kier alpha value is -2.59. The highest BCUT2D eigenvalue weighted by molar-refractivity contribution is 6.76. The van der Waals surface area contributed by atoms with E-state index in [1.54, 1.807) is 0 Å². The van der Waals surface area contributed by atoms with Gasteiger partial charge < -0.3 is 14.6 Å². The number of hydrogen-bond acceptors (Lipinski definition) is 6. The topological polar surface area (TPSA) is 79.7 Å². The maximum absolute atomic E-state index is 14.0. The van der Waals surface area contributed by atoms with E-state index in [4.69, 9.17) is 9.72 Å². The van der Waals surface area contributed by atoms with E-state index in [1.807, 2.05) is 13.1 Å². The van der Waals surface area contributed by atoms with E-state index in [2.05, 4.69) is 69.7 Å². The Kier molecular flexibility index (Phi) is 10.4. The first-order chi connectivity index (χ1) is 23.7. The molecule has 2 saturated heterocycles. The molecule has 9 heteroatoms. The van der Waals surface area contributed by atoms with Crippen molar-refractivity contribution in [3.63, 3.8) is 0 Å². The molecule has 3 unspecified atom stereocenters. The predicted octanol–water partition coefficient (Wildman–Crippen LogP) is 7.81. The van der Waals surface area contributed by atoms with E-state index in [0.717, 1.165) is 95.3 Å². The lowest BCUT2D eigenvalue weighted by atomic mass is 9.90. The fourth-order valence-corrected chi connectivity index (χ4v) is 9.87. The van der Waals surface area contributed by atoms with Crippen LogP contribution in [0.4, 0.5) is 0 Å². The monoisotopic (exact) mass is 685 g/mol. The molecule has 49 heavy (non-hydrogen) atoms. The van der Waals surface area contributed by atoms with Crippen molar-refractivity contribution >= 4 is 19.8 Å². The second-order valence-electron chi connectivity index (χ2n) is 16.9. The summed E-state index contributed by atoms with van der Waals surface area (Å²) < 4.78 is 8.69. The van der Waals surface area contributed by atoms with E-state index in [1.165, 1.54) is 29.5 Å². The molecule has 1 aliphatic carbocycles. The van der Waals surface area contributed by atoms with Gasteiger partial charge in [-0.15, -0.1) is 0 Å². The molecule has 266 valence electrons. The number of imidazole rings is 1. The Labute approximate surface area is 295 Å². The van der Waals surface area contributed by atoms with Gasteiger partial charge in [-0.1, -0.05) is 63.7 Å². The van der Waals surface area contributed by atoms with Crippen LogP contribution in [0.25, 0.3) is 11.3 Å². The third-order valence-corrected chi connectivity index (χ3v) is 14.1. The molecule has 6 aliphatic rings. The van der Waals surface area contributed by atoms with Gasteiger partial charge in [-0.3, -0.25) is 19.4 Å². The van der Waals surface area contributed by atoms with Crippen LogP contribution in [-0.2, 0) is 21.1 Å². The van der Waals surface area contributed by atoms with Crippen molar-refractivity contribution in [2.75, 3.05) is 32.8 Å². The quantitative estimate of drug-likeness (QED) is 0.140. The number of amides is 1. The number of nitrogens with one attached hydrogen (secondary N) is 1. The summed E-state index contributed by atoms with van der Waals surface area (Å²) in [6.07, 6.45) is 17.3. The molecule has 5 aliphatic heterocycles. The van der Waals surface area contributed by atoms with Crippen molar-refractivity contribution in [1.82, 2.24) is 24.7 Å². The Bertz CT molecular complexity index is 1540. The van der Waals surface area contributed by atoms with Crippen LogP contribution in [0.5, 0.6) is 0 Å². The maximum Gasteiger partial charge on any atom is 0.224 e. The van der Waals surface area contributed by atoms with E-state index in [9.17, 15) is 9.59 Å². The highest BCUT2D eigenvalue weighted by Crippen LogP contribution is 2.59. The van der Waals surface area contributed by atoms with Gasteiger partial charge >= 0.3 is 0 Å². The largest absolute Gasteiger partial charge is 0.361 e. The lowest BCUT2D eigenvalue weighted by Gasteiger charge is -2.32. The molecular formula is C40H59N5O3Si. The summed E-state index contributed by atoms with van der Waals surface area (Å²) in [6.45, 7) is 14.4. The number of nitrogens with zero attached hydrogens (tertiary/aromatic N) is 4. The molecule has 2 aromatic rings. The zero-order valence-electron chi connectivity index (χ0n) is 30.5. The summed E-state index contributed by atoms with van der Waals surface area (Å²) in [6, 6.07) is 8.95. The van der Waals surface area contributed by atoms with E-state index in [0.29, 0.717) is 37.4 Å². The average molecular weight is 686 g/mol. The summed E-state index contributed by atoms with van der Waals surface area (Å²) in [5.74, 6) is 1.51. The number of hydrogen-bond donors (Lipinski definition) is 1. The first-order valence-electron chi connectivity index (χ1n) is 19.4. The van der Waals surface area contributed by atoms with Crippen LogP contribution in [0.15, 0.2) is 36.5 Å². The van der Waals surface area contributed by atoms with E-state index < -0.39 is 8.07 Å². The highest BCUT2D eigenvalue weighted by Gasteiger charge is 2.58. The molecule has 8 nitrogen and oxygen atoms in total. The maximum atomic E-state index is 14.0. The summed E-state index contributed by atoms with van der Waals surface area (Å²) in [5.41, 5.74) is 5.36. The van der Waals surface area contributed by atoms with Crippen molar-refractivity contribution in [2.24, 2.45) is 11.3 Å². The van der Waals surface area contributed by atoms with Crippen LogP contribution in [-0.4, -0.2) is 71.9 Å². The van der Waals surface area contributed by atoms with Crippen LogP contribution < -0.4 is 5.32 Å². The lowest BCUT2D eigenvalue weighted by Crippen LogP contribution is -2.38. The Morgan fingerprint density at radius 1 is 1.04 bits per heavy atom. The van der Waals surface area contributed by atoms with E-state index >= 15 is 0 Å². The minimum atomic E-state index is -1.25. The zero-order chi connectivity index (χ0) is 34.2. The molecule has 6 heterocycles. The number of carbonyl (C=O) groups excluding carboxylic acids is 2. The number of ether oxygens (including phenoxy) is 1. The molecule has 1 aromatic heterocycles. The van der Waals surface area contributed by atoms with Gasteiger partial charge in [-0.2, -0.15) is 0 Å². The van der Waals surface area contributed by atoms with Crippen LogP contribution in [0.1, 0.15) is 113 Å². The van der Waals surface area contributed by atoms with Crippen molar-refractivity contribution in [2.45, 2.75) is 128 Å². The number of fused-ring (bicyclic) bond motifs is 7. The molecule has 1 N–H and O–H groups in total. The molecule has 1 amide bonds. The van der Waals surface area contributed by atoms with Gasteiger partial charge in [0.1, 0.15) is 18.3 Å². The molecule has 1 aromatic carbocycles. The number of piperidine rings is 1. The van der Waals surface area contributed by atoms with Crippen molar-refractivity contribution in [1.29, 1.82) is 0 Å². The average Bonchev–Trinajstić information content (AvgIpc) is 3.34. The van der Waals surface area contributed by atoms with Crippen molar-refractivity contribution in [3.05, 3.63) is 53.5 Å². The molecule has 1 saturated carbocycles. The Morgan fingerprint density at radius 2 is 1.82 bits per heavy atom. The first kappa shape index (κ1) is 34.8. The SMILES string of the molecule is CCC(=O)CCCCC[C@@H]1NC(=O)[C@H]2CC23CCN(C/C=C/CN2C4CCC2c2cc(ccc24)-c2cnc1n2COCC[Si](C)(C)C)CC3. The van der Waals surface area contributed by atoms with Gasteiger partial charge in [-0.25, -0.2) is 4.98 Å². The van der Waals surface area contributed by atoms with Gasteiger partial charge in [0, 0.05) is 64.2 Å². The molecule has 9 bridgehead atoms. The minimum absolute atomic E-state index is 0.0876. The normalized spacial score (nSPS) is 31.1. The number of Topliss-reactive ketones (excluding diaryl/α,β-unsaturated/α-hetero) is 1. The van der Waals surface area contributed by atoms with Crippen LogP contribution >= 0.6 is 0 Å². The fraction of sp³-hybridized carbons (Fsp3) is 0.675. The zero-order valence-corrected chi connectivity index (χ0v) is 31.5. The third kappa shape index (κ3) is 7.56. The fourth-order valence-electron chi connectivity index (χ4n) is 9.12. The van der Waals surface area contributed by atoms with E-state index in [-0.39, 0.29) is 23.3 Å². The second-order valence-corrected chi connectivity index (χ2v) is 22.5. The molecule has 0 radical (unpaired) electrons. The number of aromatic nitrogens is 2. The van der Waals surface area contributed by atoms with Crippen molar-refractivity contribution < 1.29 is 14.3 Å². The number of carbonyl (C=O) groups is 2. The van der Waals surface area contributed by atoms with Crippen molar-refractivity contribution in [3.8, 4) is 11.3 Å². The van der Waals surface area contributed by atoms with Gasteiger partial charge in [0.15, 0.2) is 0 Å². The molecule has 3 fully saturated rings. The minimum Gasteiger partial charge on any atom is -0.361 e. The number of ketones is 1. The summed E-state index contributed by atoms with van der Waals surface area (Å²) >= 11 is 0. The predicted molar refractivity (Wildman–Crippen MR) is 198 cm³/mol. The number of unbranched alkanes of at least 4 members (excludes halogenated alkanes) is 2. The van der Waals surface area contributed by atoms with Gasteiger partial charge in [0.05, 0.1) is 17.9 Å². The summed E-state index contributed by atoms with van der Waals surface area (Å²) in [7, 11) is -1.25. The molecule has 5 atom stereocenters. The van der Waals surface area contributed by atoms with Crippen LogP contribution in [0, 0.1) is 11.3 Å². The molecule has 8 rings (SSSR count). The van der Waals surface area contributed by atoms with Gasteiger partial charge in [0.25, 0.3) is 0 Å². The lowest BCUT2D eigenvalue weighted by molar-refractivity contribution is -0.124. The molecule has 1 spiro atoms. The van der Waals surface area contributed by atoms with Gasteiger partial charge in [0.2, 0.25) is 5.91 Å². The number of benzene rings is 1. The highest BCUT2D eigenvalue weighted by atomic mass is 28.3. The molecular weight excluding hydrogens is 627 g/mol. The smallest absolute Gasteiger partial charge is 0.224 e. The summed E-state index contributed by atoms with van der Waals surface area (Å²) in [5, 5.41) is 3.54. The van der Waals surface area contributed by atoms with Crippen LogP contribution in [0.3, 0.4) is 0 Å². The van der Waals surface area contributed by atoms with Gasteiger partial charge in [-0.05, 0) is 86.7 Å². The third-order valence-electron chi connectivity index (χ3n) is 12.4.